The standard InChI is InChI=1S/C21H30N4/c1-24(20-8-4-18(22)5-9-20)14-2-3-17-12-15-25(16-13-17)21-10-6-19(23)7-11-21/h4-11,17H,2-3,12-16,22-23H2,1H3. The molecular formula is C21H30N4. The molecule has 0 amide bonds. The fraction of sp³-hybridized carbons (Fsp3) is 0.429. The van der Waals surface area contributed by atoms with Crippen LogP contribution in [-0.4, -0.2) is 26.7 Å². The van der Waals surface area contributed by atoms with Gasteiger partial charge in [0.1, 0.15) is 0 Å². The normalized spacial score (nSPS) is 15.3. The van der Waals surface area contributed by atoms with Gasteiger partial charge in [-0.2, -0.15) is 0 Å². The van der Waals surface area contributed by atoms with Gasteiger partial charge in [-0.25, -0.2) is 0 Å². The first-order chi connectivity index (χ1) is 12.1. The Hall–Kier alpha value is -2.36. The van der Waals surface area contributed by atoms with Crippen molar-refractivity contribution in [3.8, 4) is 0 Å². The van der Waals surface area contributed by atoms with Crippen LogP contribution in [0.1, 0.15) is 25.7 Å². The minimum Gasteiger partial charge on any atom is -0.399 e. The van der Waals surface area contributed by atoms with Gasteiger partial charge >= 0.3 is 0 Å². The summed E-state index contributed by atoms with van der Waals surface area (Å²) in [5, 5.41) is 0. The fourth-order valence-electron chi connectivity index (χ4n) is 3.64. The van der Waals surface area contributed by atoms with E-state index in [0.717, 1.165) is 36.9 Å². The molecule has 1 saturated heterocycles. The lowest BCUT2D eigenvalue weighted by molar-refractivity contribution is 0.374. The van der Waals surface area contributed by atoms with Gasteiger partial charge in [-0.15, -0.1) is 0 Å². The first-order valence-corrected chi connectivity index (χ1v) is 9.29. The maximum absolute atomic E-state index is 5.78. The molecule has 0 spiro atoms. The van der Waals surface area contributed by atoms with Crippen molar-refractivity contribution >= 4 is 22.7 Å². The van der Waals surface area contributed by atoms with Crippen LogP contribution in [0.15, 0.2) is 48.5 Å². The number of nitrogen functional groups attached to an aromatic ring is 2. The molecule has 2 aromatic carbocycles. The summed E-state index contributed by atoms with van der Waals surface area (Å²) in [6.07, 6.45) is 5.13. The van der Waals surface area contributed by atoms with Crippen molar-refractivity contribution < 1.29 is 0 Å². The first-order valence-electron chi connectivity index (χ1n) is 9.29. The topological polar surface area (TPSA) is 58.5 Å². The summed E-state index contributed by atoms with van der Waals surface area (Å²) in [5.74, 6) is 0.852. The summed E-state index contributed by atoms with van der Waals surface area (Å²) >= 11 is 0. The van der Waals surface area contributed by atoms with Gasteiger partial charge in [-0.3, -0.25) is 0 Å². The first kappa shape index (κ1) is 17.5. The number of nitrogens with zero attached hydrogens (tertiary/aromatic N) is 2. The molecule has 1 heterocycles. The van der Waals surface area contributed by atoms with E-state index >= 15 is 0 Å². The van der Waals surface area contributed by atoms with Gasteiger partial charge in [0.2, 0.25) is 0 Å². The molecular weight excluding hydrogens is 308 g/mol. The zero-order chi connectivity index (χ0) is 17.6. The van der Waals surface area contributed by atoms with E-state index in [4.69, 9.17) is 11.5 Å². The van der Waals surface area contributed by atoms with Crippen molar-refractivity contribution in [1.29, 1.82) is 0 Å². The number of nitrogens with two attached hydrogens (primary N) is 2. The van der Waals surface area contributed by atoms with E-state index in [1.807, 2.05) is 24.3 Å². The quantitative estimate of drug-likeness (QED) is 0.782. The zero-order valence-electron chi connectivity index (χ0n) is 15.2. The molecule has 0 aromatic heterocycles. The van der Waals surface area contributed by atoms with E-state index in [0.29, 0.717) is 0 Å². The van der Waals surface area contributed by atoms with E-state index in [1.165, 1.54) is 37.1 Å². The lowest BCUT2D eigenvalue weighted by Gasteiger charge is -2.34. The molecule has 0 saturated carbocycles. The summed E-state index contributed by atoms with van der Waals surface area (Å²) in [5.41, 5.74) is 15.7. The zero-order valence-corrected chi connectivity index (χ0v) is 15.2. The Morgan fingerprint density at radius 2 is 1.48 bits per heavy atom. The Kier molecular flexibility index (Phi) is 5.69. The molecule has 134 valence electrons. The van der Waals surface area contributed by atoms with Crippen LogP contribution < -0.4 is 21.3 Å². The maximum Gasteiger partial charge on any atom is 0.0367 e. The Bertz CT molecular complexity index is 643. The lowest BCUT2D eigenvalue weighted by atomic mass is 9.92. The van der Waals surface area contributed by atoms with Gasteiger partial charge in [-0.1, -0.05) is 0 Å². The monoisotopic (exact) mass is 338 g/mol. The van der Waals surface area contributed by atoms with Crippen LogP contribution in [0.25, 0.3) is 0 Å². The molecule has 4 N–H and O–H groups in total. The van der Waals surface area contributed by atoms with E-state index in [2.05, 4.69) is 41.1 Å². The van der Waals surface area contributed by atoms with E-state index in [-0.39, 0.29) is 0 Å². The summed E-state index contributed by atoms with van der Waals surface area (Å²) < 4.78 is 0. The predicted molar refractivity (Wildman–Crippen MR) is 109 cm³/mol. The fourth-order valence-corrected chi connectivity index (χ4v) is 3.64. The Morgan fingerprint density at radius 1 is 0.920 bits per heavy atom. The Balaban J connectivity index is 1.39. The van der Waals surface area contributed by atoms with Crippen molar-refractivity contribution in [3.05, 3.63) is 48.5 Å². The number of hydrogen-bond acceptors (Lipinski definition) is 4. The van der Waals surface area contributed by atoms with Crippen LogP contribution in [0.5, 0.6) is 0 Å². The Labute approximate surface area is 151 Å². The number of anilines is 4. The highest BCUT2D eigenvalue weighted by Crippen LogP contribution is 2.27. The van der Waals surface area contributed by atoms with Crippen molar-refractivity contribution in [2.45, 2.75) is 25.7 Å². The van der Waals surface area contributed by atoms with Gasteiger partial charge in [0.15, 0.2) is 0 Å². The van der Waals surface area contributed by atoms with Gasteiger partial charge in [0.25, 0.3) is 0 Å². The molecule has 4 nitrogen and oxygen atoms in total. The SMILES string of the molecule is CN(CCCC1CCN(c2ccc(N)cc2)CC1)c1ccc(N)cc1. The lowest BCUT2D eigenvalue weighted by Crippen LogP contribution is -2.33. The van der Waals surface area contributed by atoms with Gasteiger partial charge in [0.05, 0.1) is 0 Å². The van der Waals surface area contributed by atoms with Crippen LogP contribution in [0.2, 0.25) is 0 Å². The van der Waals surface area contributed by atoms with Crippen molar-refractivity contribution in [2.75, 3.05) is 47.9 Å². The molecule has 0 radical (unpaired) electrons. The van der Waals surface area contributed by atoms with E-state index in [1.54, 1.807) is 0 Å². The Morgan fingerprint density at radius 3 is 2.08 bits per heavy atom. The van der Waals surface area contributed by atoms with Crippen LogP contribution in [-0.2, 0) is 0 Å². The highest BCUT2D eigenvalue weighted by molar-refractivity contribution is 5.53. The summed E-state index contributed by atoms with van der Waals surface area (Å²) in [7, 11) is 2.16. The predicted octanol–water partition coefficient (Wildman–Crippen LogP) is 3.98. The second-order valence-electron chi connectivity index (χ2n) is 7.18. The van der Waals surface area contributed by atoms with Crippen molar-refractivity contribution in [2.24, 2.45) is 5.92 Å². The molecule has 3 rings (SSSR count). The molecule has 0 unspecified atom stereocenters. The average molecular weight is 338 g/mol. The highest BCUT2D eigenvalue weighted by atomic mass is 15.1. The number of hydrogen-bond donors (Lipinski definition) is 2. The third kappa shape index (κ3) is 4.81. The minimum atomic E-state index is 0.824. The molecule has 0 bridgehead atoms. The van der Waals surface area contributed by atoms with E-state index in [9.17, 15) is 0 Å². The van der Waals surface area contributed by atoms with Crippen LogP contribution >= 0.6 is 0 Å². The number of piperidine rings is 1. The molecule has 1 aliphatic rings. The third-order valence-electron chi connectivity index (χ3n) is 5.31. The number of benzene rings is 2. The summed E-state index contributed by atoms with van der Waals surface area (Å²) in [4.78, 5) is 4.80. The molecule has 2 aromatic rings. The van der Waals surface area contributed by atoms with Gasteiger partial charge in [-0.05, 0) is 80.1 Å². The van der Waals surface area contributed by atoms with Crippen molar-refractivity contribution in [3.63, 3.8) is 0 Å². The van der Waals surface area contributed by atoms with Crippen LogP contribution in [0, 0.1) is 5.92 Å². The van der Waals surface area contributed by atoms with Crippen molar-refractivity contribution in [1.82, 2.24) is 0 Å². The molecule has 1 aliphatic heterocycles. The molecule has 1 fully saturated rings. The minimum absolute atomic E-state index is 0.824. The number of rotatable bonds is 6. The third-order valence-corrected chi connectivity index (χ3v) is 5.31. The van der Waals surface area contributed by atoms with Crippen LogP contribution in [0.4, 0.5) is 22.7 Å². The second kappa shape index (κ2) is 8.15. The molecule has 4 heteroatoms. The largest absolute Gasteiger partial charge is 0.399 e. The van der Waals surface area contributed by atoms with Gasteiger partial charge < -0.3 is 21.3 Å². The highest BCUT2D eigenvalue weighted by Gasteiger charge is 2.19. The molecule has 0 atom stereocenters. The average Bonchev–Trinajstić information content (AvgIpc) is 2.63. The second-order valence-corrected chi connectivity index (χ2v) is 7.18. The van der Waals surface area contributed by atoms with Crippen LogP contribution in [0.3, 0.4) is 0 Å². The smallest absolute Gasteiger partial charge is 0.0367 e. The molecule has 25 heavy (non-hydrogen) atoms. The summed E-state index contributed by atoms with van der Waals surface area (Å²) in [6.45, 7) is 3.41. The van der Waals surface area contributed by atoms with Gasteiger partial charge in [0, 0.05) is 49.4 Å². The molecule has 0 aliphatic carbocycles. The van der Waals surface area contributed by atoms with E-state index < -0.39 is 0 Å². The maximum atomic E-state index is 5.78. The summed E-state index contributed by atoms with van der Waals surface area (Å²) in [6, 6.07) is 16.4.